The first-order chi connectivity index (χ1) is 11.7. The van der Waals surface area contributed by atoms with Crippen molar-refractivity contribution in [3.05, 3.63) is 0 Å². The van der Waals surface area contributed by atoms with E-state index < -0.39 is 15.2 Å². The van der Waals surface area contributed by atoms with Crippen LogP contribution in [0.5, 0.6) is 0 Å². The van der Waals surface area contributed by atoms with Crippen LogP contribution in [0.25, 0.3) is 0 Å². The standard InChI is InChI=1S/C15H36N2O6P2/c1-7-20-24(18,21-8-2)14-17(13-11-12-16(5)6)15-25(19,22-9-3)23-10-4/h7-15H2,1-6H3. The summed E-state index contributed by atoms with van der Waals surface area (Å²) in [4.78, 5) is 3.87. The fourth-order valence-electron chi connectivity index (χ4n) is 2.31. The molecule has 0 aliphatic rings. The Morgan fingerprint density at radius 1 is 0.680 bits per heavy atom. The lowest BCUT2D eigenvalue weighted by molar-refractivity contribution is 0.182. The van der Waals surface area contributed by atoms with Gasteiger partial charge in [0.25, 0.3) is 0 Å². The third-order valence-electron chi connectivity index (χ3n) is 3.13. The molecule has 0 saturated heterocycles. The molecule has 0 radical (unpaired) electrons. The van der Waals surface area contributed by atoms with Crippen LogP contribution in [0, 0.1) is 0 Å². The van der Waals surface area contributed by atoms with Crippen molar-refractivity contribution < 1.29 is 27.2 Å². The van der Waals surface area contributed by atoms with Crippen molar-refractivity contribution in [3.63, 3.8) is 0 Å². The number of hydrogen-bond acceptors (Lipinski definition) is 8. The Hall–Kier alpha value is 0.220. The SMILES string of the molecule is CCOP(=O)(CN(CCCN(C)C)CP(=O)(OCC)OCC)OCC. The third kappa shape index (κ3) is 11.5. The van der Waals surface area contributed by atoms with Crippen LogP contribution >= 0.6 is 15.2 Å². The van der Waals surface area contributed by atoms with Crippen molar-refractivity contribution >= 4 is 15.2 Å². The van der Waals surface area contributed by atoms with Crippen LogP contribution in [0.15, 0.2) is 0 Å². The minimum absolute atomic E-state index is 0.0618. The smallest absolute Gasteiger partial charge is 0.309 e. The van der Waals surface area contributed by atoms with E-state index in [0.717, 1.165) is 13.0 Å². The summed E-state index contributed by atoms with van der Waals surface area (Å²) in [6.45, 7) is 9.69. The molecular formula is C15H36N2O6P2. The third-order valence-corrected chi connectivity index (χ3v) is 7.23. The summed E-state index contributed by atoms with van der Waals surface area (Å²) in [7, 11) is -2.59. The molecule has 0 rings (SSSR count). The molecular weight excluding hydrogens is 366 g/mol. The molecule has 0 aliphatic heterocycles. The van der Waals surface area contributed by atoms with E-state index in [4.69, 9.17) is 18.1 Å². The van der Waals surface area contributed by atoms with Gasteiger partial charge in [-0.15, -0.1) is 0 Å². The molecule has 152 valence electrons. The minimum atomic E-state index is -3.28. The van der Waals surface area contributed by atoms with Gasteiger partial charge < -0.3 is 23.0 Å². The van der Waals surface area contributed by atoms with Gasteiger partial charge >= 0.3 is 15.2 Å². The highest BCUT2D eigenvalue weighted by Gasteiger charge is 2.33. The van der Waals surface area contributed by atoms with Gasteiger partial charge in [-0.1, -0.05) is 0 Å². The summed E-state index contributed by atoms with van der Waals surface area (Å²) in [5.74, 6) is 0. The first kappa shape index (κ1) is 25.2. The molecule has 0 aromatic carbocycles. The quantitative estimate of drug-likeness (QED) is 0.362. The van der Waals surface area contributed by atoms with Gasteiger partial charge in [-0.05, 0) is 54.8 Å². The van der Waals surface area contributed by atoms with Gasteiger partial charge in [-0.3, -0.25) is 14.0 Å². The number of rotatable bonds is 16. The van der Waals surface area contributed by atoms with Gasteiger partial charge in [0.15, 0.2) is 0 Å². The van der Waals surface area contributed by atoms with Crippen molar-refractivity contribution in [2.24, 2.45) is 0 Å². The van der Waals surface area contributed by atoms with E-state index >= 15 is 0 Å². The highest BCUT2D eigenvalue weighted by atomic mass is 31.2. The van der Waals surface area contributed by atoms with E-state index in [9.17, 15) is 9.13 Å². The van der Waals surface area contributed by atoms with Gasteiger partial charge in [0.1, 0.15) is 12.6 Å². The molecule has 10 heteroatoms. The molecule has 0 amide bonds. The van der Waals surface area contributed by atoms with Crippen molar-refractivity contribution in [3.8, 4) is 0 Å². The van der Waals surface area contributed by atoms with Gasteiger partial charge in [-0.25, -0.2) is 0 Å². The highest BCUT2D eigenvalue weighted by molar-refractivity contribution is 7.54. The summed E-state index contributed by atoms with van der Waals surface area (Å²) in [6.07, 6.45) is 0.946. The molecule has 0 aliphatic carbocycles. The average molecular weight is 402 g/mol. The van der Waals surface area contributed by atoms with Crippen LogP contribution < -0.4 is 0 Å². The lowest BCUT2D eigenvalue weighted by Gasteiger charge is -2.29. The van der Waals surface area contributed by atoms with E-state index in [-0.39, 0.29) is 39.0 Å². The molecule has 0 fully saturated rings. The Balaban J connectivity index is 5.17. The largest absolute Gasteiger partial charge is 0.344 e. The maximum absolute atomic E-state index is 12.9. The first-order valence-corrected chi connectivity index (χ1v) is 12.3. The summed E-state index contributed by atoms with van der Waals surface area (Å²) >= 11 is 0. The molecule has 25 heavy (non-hydrogen) atoms. The van der Waals surface area contributed by atoms with Gasteiger partial charge in [0.2, 0.25) is 0 Å². The normalized spacial score (nSPS) is 13.1. The maximum Gasteiger partial charge on any atom is 0.344 e. The van der Waals surface area contributed by atoms with Crippen LogP contribution in [-0.2, 0) is 27.2 Å². The molecule has 0 N–H and O–H groups in total. The van der Waals surface area contributed by atoms with Gasteiger partial charge in [-0.2, -0.15) is 0 Å². The Kier molecular flexibility index (Phi) is 13.5. The zero-order valence-corrected chi connectivity index (χ0v) is 18.4. The van der Waals surface area contributed by atoms with Crippen molar-refractivity contribution in [2.75, 3.05) is 66.2 Å². The minimum Gasteiger partial charge on any atom is -0.309 e. The molecule has 0 aromatic heterocycles. The molecule has 0 aromatic rings. The zero-order valence-electron chi connectivity index (χ0n) is 16.6. The van der Waals surface area contributed by atoms with Gasteiger partial charge in [0, 0.05) is 6.54 Å². The van der Waals surface area contributed by atoms with Crippen molar-refractivity contribution in [1.29, 1.82) is 0 Å². The predicted octanol–water partition coefficient (Wildman–Crippen LogP) is 3.69. The van der Waals surface area contributed by atoms with Crippen LogP contribution in [-0.4, -0.2) is 76.0 Å². The van der Waals surface area contributed by atoms with Crippen molar-refractivity contribution in [1.82, 2.24) is 9.80 Å². The molecule has 0 saturated carbocycles. The lowest BCUT2D eigenvalue weighted by atomic mass is 10.4. The summed E-state index contributed by atoms with van der Waals surface area (Å²) in [6, 6.07) is 0. The van der Waals surface area contributed by atoms with Crippen LogP contribution in [0.4, 0.5) is 0 Å². The number of nitrogens with zero attached hydrogens (tertiary/aromatic N) is 2. The monoisotopic (exact) mass is 402 g/mol. The summed E-state index contributed by atoms with van der Waals surface area (Å²) in [5, 5.41) is 0. The van der Waals surface area contributed by atoms with Gasteiger partial charge in [0.05, 0.1) is 26.4 Å². The van der Waals surface area contributed by atoms with Crippen LogP contribution in [0.1, 0.15) is 34.1 Å². The second-order valence-corrected chi connectivity index (χ2v) is 9.77. The van der Waals surface area contributed by atoms with E-state index in [1.165, 1.54) is 0 Å². The molecule has 0 unspecified atom stereocenters. The topological polar surface area (TPSA) is 77.5 Å². The fourth-order valence-corrected chi connectivity index (χ4v) is 5.98. The summed E-state index contributed by atoms with van der Waals surface area (Å²) < 4.78 is 47.2. The van der Waals surface area contributed by atoms with E-state index in [0.29, 0.717) is 6.54 Å². The first-order valence-electron chi connectivity index (χ1n) is 8.87. The van der Waals surface area contributed by atoms with Crippen LogP contribution in [0.3, 0.4) is 0 Å². The van der Waals surface area contributed by atoms with Crippen LogP contribution in [0.2, 0.25) is 0 Å². The molecule has 0 atom stereocenters. The lowest BCUT2D eigenvalue weighted by Crippen LogP contribution is -2.31. The van der Waals surface area contributed by atoms with E-state index in [1.807, 2.05) is 19.0 Å². The zero-order chi connectivity index (χ0) is 19.3. The average Bonchev–Trinajstić information content (AvgIpc) is 2.47. The molecule has 8 nitrogen and oxygen atoms in total. The van der Waals surface area contributed by atoms with E-state index in [2.05, 4.69) is 4.90 Å². The van der Waals surface area contributed by atoms with E-state index in [1.54, 1.807) is 27.7 Å². The second-order valence-electron chi connectivity index (χ2n) is 5.73. The fraction of sp³-hybridized carbons (Fsp3) is 1.00. The second kappa shape index (κ2) is 13.4. The Bertz CT molecular complexity index is 384. The predicted molar refractivity (Wildman–Crippen MR) is 101 cm³/mol. The number of hydrogen-bond donors (Lipinski definition) is 0. The Labute approximate surface area is 153 Å². The van der Waals surface area contributed by atoms with Crippen molar-refractivity contribution in [2.45, 2.75) is 34.1 Å². The molecule has 0 heterocycles. The maximum atomic E-state index is 12.9. The Morgan fingerprint density at radius 2 is 1.04 bits per heavy atom. The molecule has 0 bridgehead atoms. The Morgan fingerprint density at radius 3 is 1.32 bits per heavy atom. The highest BCUT2D eigenvalue weighted by Crippen LogP contribution is 2.53. The molecule has 0 spiro atoms. The summed E-state index contributed by atoms with van der Waals surface area (Å²) in [5.41, 5.74) is 0.